The van der Waals surface area contributed by atoms with Crippen molar-refractivity contribution in [2.24, 2.45) is 5.92 Å². The van der Waals surface area contributed by atoms with E-state index in [1.807, 2.05) is 0 Å². The van der Waals surface area contributed by atoms with Crippen LogP contribution in [0, 0.1) is 12.8 Å². The second-order valence-electron chi connectivity index (χ2n) is 8.79. The first-order chi connectivity index (χ1) is 14.9. The first kappa shape index (κ1) is 27.0. The zero-order valence-electron chi connectivity index (χ0n) is 19.5. The summed E-state index contributed by atoms with van der Waals surface area (Å²) in [5, 5.41) is 0. The molecule has 0 spiro atoms. The summed E-state index contributed by atoms with van der Waals surface area (Å²) in [5.74, 6) is 0.262. The molecule has 8 heteroatoms. The number of rotatable bonds is 4. The van der Waals surface area contributed by atoms with Gasteiger partial charge in [0.1, 0.15) is 0 Å². The molecule has 2 heterocycles. The molecule has 6 nitrogen and oxygen atoms in total. The van der Waals surface area contributed by atoms with Crippen LogP contribution in [0.15, 0.2) is 51.7 Å². The van der Waals surface area contributed by atoms with E-state index in [2.05, 4.69) is 48.0 Å². The molecule has 1 aromatic heterocycles. The average Bonchev–Trinajstić information content (AvgIpc) is 3.52. The van der Waals surface area contributed by atoms with Crippen LogP contribution >= 0.6 is 24.8 Å². The van der Waals surface area contributed by atoms with E-state index >= 15 is 0 Å². The van der Waals surface area contributed by atoms with Crippen molar-refractivity contribution in [1.82, 2.24) is 9.47 Å². The van der Waals surface area contributed by atoms with Crippen LogP contribution in [0.3, 0.4) is 0 Å². The fourth-order valence-corrected chi connectivity index (χ4v) is 3.84. The Balaban J connectivity index is 0.000000224. The van der Waals surface area contributed by atoms with Gasteiger partial charge in [-0.1, -0.05) is 17.7 Å². The maximum Gasteiger partial charge on any atom is 0.419 e. The minimum atomic E-state index is -0.326. The Labute approximate surface area is 207 Å². The van der Waals surface area contributed by atoms with Crippen molar-refractivity contribution in [2.75, 3.05) is 38.1 Å². The number of aryl methyl sites for hydroxylation is 1. The number of fused-ring (bicyclic) bond motifs is 1. The van der Waals surface area contributed by atoms with Crippen molar-refractivity contribution in [1.29, 1.82) is 0 Å². The first-order valence-corrected chi connectivity index (χ1v) is 11.0. The number of anilines is 1. The second kappa shape index (κ2) is 11.7. The molecule has 2 aromatic carbocycles. The Hall–Kier alpha value is -2.28. The summed E-state index contributed by atoms with van der Waals surface area (Å²) in [5.41, 5.74) is 4.56. The van der Waals surface area contributed by atoms with Gasteiger partial charge in [-0.25, -0.2) is 4.79 Å². The van der Waals surface area contributed by atoms with Crippen molar-refractivity contribution in [3.05, 3.63) is 64.1 Å². The fourth-order valence-electron chi connectivity index (χ4n) is 3.84. The highest BCUT2D eigenvalue weighted by Gasteiger charge is 2.24. The Morgan fingerprint density at radius 2 is 1.64 bits per heavy atom. The second-order valence-corrected chi connectivity index (χ2v) is 8.79. The Morgan fingerprint density at radius 3 is 2.21 bits per heavy atom. The molecule has 5 rings (SSSR count). The van der Waals surface area contributed by atoms with Gasteiger partial charge in [-0.3, -0.25) is 9.36 Å². The van der Waals surface area contributed by atoms with Gasteiger partial charge < -0.3 is 14.2 Å². The van der Waals surface area contributed by atoms with Crippen LogP contribution in [0.5, 0.6) is 0 Å². The van der Waals surface area contributed by atoms with E-state index in [0.717, 1.165) is 25.2 Å². The number of aromatic nitrogens is 1. The van der Waals surface area contributed by atoms with Gasteiger partial charge >= 0.3 is 5.76 Å². The molecule has 1 aliphatic carbocycles. The molecular formula is C25H33Cl2N3O3. The van der Waals surface area contributed by atoms with Gasteiger partial charge in [0.2, 0.25) is 0 Å². The first-order valence-electron chi connectivity index (χ1n) is 11.0. The zero-order valence-corrected chi connectivity index (χ0v) is 21.1. The molecule has 2 aliphatic rings. The number of carbonyl (C=O) groups excluding carboxylic acids is 1. The van der Waals surface area contributed by atoms with Crippen molar-refractivity contribution in [3.63, 3.8) is 0 Å². The number of oxazole rings is 1. The van der Waals surface area contributed by atoms with Crippen LogP contribution in [0.4, 0.5) is 5.69 Å². The highest BCUT2D eigenvalue weighted by molar-refractivity contribution is 5.96. The van der Waals surface area contributed by atoms with Crippen LogP contribution in [0.2, 0.25) is 0 Å². The van der Waals surface area contributed by atoms with Crippen LogP contribution < -0.4 is 10.7 Å². The molecule has 1 saturated carbocycles. The van der Waals surface area contributed by atoms with E-state index in [0.29, 0.717) is 17.1 Å². The third-order valence-electron chi connectivity index (χ3n) is 6.11. The minimum absolute atomic E-state index is 0. The maximum atomic E-state index is 11.7. The van der Waals surface area contributed by atoms with Crippen molar-refractivity contribution in [2.45, 2.75) is 33.2 Å². The number of likely N-dealkylation sites (N-methyl/N-ethyl adjacent to an activating group) is 1. The topological polar surface area (TPSA) is 58.7 Å². The van der Waals surface area contributed by atoms with Gasteiger partial charge in [0.05, 0.1) is 5.52 Å². The van der Waals surface area contributed by atoms with Gasteiger partial charge in [0, 0.05) is 44.0 Å². The number of hydrogen-bond acceptors (Lipinski definition) is 5. The molecular weight excluding hydrogens is 461 g/mol. The molecule has 0 atom stereocenters. The summed E-state index contributed by atoms with van der Waals surface area (Å²) in [6.07, 6.45) is 2.37. The third kappa shape index (κ3) is 6.85. The third-order valence-corrected chi connectivity index (χ3v) is 6.11. The Bertz CT molecular complexity index is 1110. The van der Waals surface area contributed by atoms with Gasteiger partial charge in [-0.15, -0.1) is 24.8 Å². The molecule has 0 radical (unpaired) electrons. The number of halogens is 2. The molecule has 180 valence electrons. The van der Waals surface area contributed by atoms with Crippen LogP contribution in [0.25, 0.3) is 11.1 Å². The minimum Gasteiger partial charge on any atom is -0.408 e. The summed E-state index contributed by atoms with van der Waals surface area (Å²) in [4.78, 5) is 27.8. The van der Waals surface area contributed by atoms with Gasteiger partial charge in [-0.2, -0.15) is 0 Å². The van der Waals surface area contributed by atoms with Crippen molar-refractivity contribution >= 4 is 47.4 Å². The van der Waals surface area contributed by atoms with Crippen LogP contribution in [-0.2, 0) is 6.54 Å². The lowest BCUT2D eigenvalue weighted by Crippen LogP contribution is -2.44. The van der Waals surface area contributed by atoms with Gasteiger partial charge in [0.25, 0.3) is 0 Å². The molecule has 3 aromatic rings. The number of benzene rings is 2. The van der Waals surface area contributed by atoms with Crippen LogP contribution in [0.1, 0.15) is 35.7 Å². The molecule has 1 saturated heterocycles. The fraction of sp³-hybridized carbons (Fsp3) is 0.440. The Morgan fingerprint density at radius 1 is 1.00 bits per heavy atom. The van der Waals surface area contributed by atoms with E-state index in [1.165, 1.54) is 44.1 Å². The van der Waals surface area contributed by atoms with E-state index in [9.17, 15) is 9.59 Å². The molecule has 0 amide bonds. The lowest BCUT2D eigenvalue weighted by molar-refractivity contribution is 0.101. The van der Waals surface area contributed by atoms with E-state index in [1.54, 1.807) is 22.8 Å². The number of carbonyl (C=O) groups is 1. The zero-order chi connectivity index (χ0) is 22.0. The van der Waals surface area contributed by atoms with Gasteiger partial charge in [0.15, 0.2) is 11.4 Å². The van der Waals surface area contributed by atoms with E-state index in [4.69, 9.17) is 4.42 Å². The lowest BCUT2D eigenvalue weighted by atomic mass is 10.1. The molecule has 0 bridgehead atoms. The van der Waals surface area contributed by atoms with Crippen LogP contribution in [-0.4, -0.2) is 48.5 Å². The average molecular weight is 494 g/mol. The van der Waals surface area contributed by atoms with E-state index < -0.39 is 0 Å². The number of Topliss-reactive ketones (excluding diaryl/α,β-unsaturated/α-hetero) is 1. The molecule has 1 aliphatic heterocycles. The molecule has 2 fully saturated rings. The van der Waals surface area contributed by atoms with Gasteiger partial charge in [-0.05, 0) is 70.0 Å². The van der Waals surface area contributed by atoms with E-state index in [-0.39, 0.29) is 36.4 Å². The smallest absolute Gasteiger partial charge is 0.408 e. The predicted molar refractivity (Wildman–Crippen MR) is 139 cm³/mol. The maximum absolute atomic E-state index is 11.7. The van der Waals surface area contributed by atoms with Crippen molar-refractivity contribution in [3.8, 4) is 0 Å². The molecule has 33 heavy (non-hydrogen) atoms. The molecule has 0 N–H and O–H groups in total. The largest absolute Gasteiger partial charge is 0.419 e. The summed E-state index contributed by atoms with van der Waals surface area (Å²) in [6, 6.07) is 14.0. The molecule has 0 unspecified atom stereocenters. The lowest BCUT2D eigenvalue weighted by Gasteiger charge is -2.34. The summed E-state index contributed by atoms with van der Waals surface area (Å²) in [6.45, 7) is 9.01. The summed E-state index contributed by atoms with van der Waals surface area (Å²) < 4.78 is 6.84. The number of nitrogens with zero attached hydrogens (tertiary/aromatic N) is 3. The number of piperazine rings is 1. The number of hydrogen-bond donors (Lipinski definition) is 0. The highest BCUT2D eigenvalue weighted by atomic mass is 35.5. The number of ketones is 1. The summed E-state index contributed by atoms with van der Waals surface area (Å²) >= 11 is 0. The SMILES string of the molecule is CC(=O)c1ccc2c(c1)oc(=O)n2CC1CC1.Cc1ccc(N2CCN(C)CC2)cc1.Cl.Cl. The summed E-state index contributed by atoms with van der Waals surface area (Å²) in [7, 11) is 2.19. The predicted octanol–water partition coefficient (Wildman–Crippen LogP) is 4.80. The Kier molecular flexibility index (Phi) is 9.58. The van der Waals surface area contributed by atoms with Crippen molar-refractivity contribution < 1.29 is 9.21 Å². The normalized spacial score (nSPS) is 15.8. The highest BCUT2D eigenvalue weighted by Crippen LogP contribution is 2.31. The quantitative estimate of drug-likeness (QED) is 0.488. The standard InChI is InChI=1S/C13H13NO3.C12H18N2.2ClH/c1-8(15)10-4-5-11-12(6-10)17-13(16)14(11)7-9-2-3-9;1-11-3-5-12(6-4-11)14-9-7-13(2)8-10-14;;/h4-6,9H,2-3,7H2,1H3;3-6H,7-10H2,1-2H3;2*1H. The monoisotopic (exact) mass is 493 g/mol.